The van der Waals surface area contributed by atoms with Crippen LogP contribution in [-0.2, 0) is 9.31 Å². The second-order valence-corrected chi connectivity index (χ2v) is 8.26. The smallest absolute Gasteiger partial charge is 0.454 e. The monoisotopic (exact) mass is 401 g/mol. The third-order valence-corrected chi connectivity index (χ3v) is 5.63. The highest BCUT2D eigenvalue weighted by molar-refractivity contribution is 6.63. The number of fused-ring (bicyclic) bond motifs is 1. The van der Waals surface area contributed by atoms with Gasteiger partial charge in [0, 0.05) is 16.0 Å². The first-order valence-electron chi connectivity index (χ1n) is 9.03. The van der Waals surface area contributed by atoms with E-state index in [1.165, 1.54) is 0 Å². The summed E-state index contributed by atoms with van der Waals surface area (Å²) in [6, 6.07) is 10.3. The van der Waals surface area contributed by atoms with Gasteiger partial charge in [-0.15, -0.1) is 0 Å². The Morgan fingerprint density at radius 3 is 2.39 bits per heavy atom. The van der Waals surface area contributed by atoms with E-state index in [1.54, 1.807) is 30.3 Å². The summed E-state index contributed by atoms with van der Waals surface area (Å²) >= 11 is 5.97. The van der Waals surface area contributed by atoms with Gasteiger partial charge in [-0.1, -0.05) is 23.7 Å². The molecule has 2 aliphatic heterocycles. The van der Waals surface area contributed by atoms with Gasteiger partial charge < -0.3 is 24.1 Å². The standard InChI is InChI=1S/C20H21BClNO5/c1-19(2)20(3,4)28-21(27-19)14-8-9-15(17-16(14)25-11-26-17)23-18(24)12-6-5-7-13(22)10-12/h5-10H,11H2,1-4H3,(H,23,24). The molecule has 0 spiro atoms. The topological polar surface area (TPSA) is 66.0 Å². The van der Waals surface area contributed by atoms with Gasteiger partial charge in [-0.05, 0) is 52.0 Å². The fourth-order valence-electron chi connectivity index (χ4n) is 3.10. The molecule has 0 aromatic heterocycles. The average Bonchev–Trinajstić information content (AvgIpc) is 3.18. The van der Waals surface area contributed by atoms with Crippen molar-refractivity contribution in [2.75, 3.05) is 12.1 Å². The number of nitrogens with one attached hydrogen (secondary N) is 1. The maximum atomic E-state index is 12.6. The number of hydrogen-bond acceptors (Lipinski definition) is 5. The maximum absolute atomic E-state index is 12.6. The number of halogens is 1. The zero-order valence-electron chi connectivity index (χ0n) is 16.2. The van der Waals surface area contributed by atoms with Crippen LogP contribution in [0.2, 0.25) is 5.02 Å². The average molecular weight is 402 g/mol. The van der Waals surface area contributed by atoms with Gasteiger partial charge in [0.2, 0.25) is 6.79 Å². The van der Waals surface area contributed by atoms with E-state index < -0.39 is 18.3 Å². The Bertz CT molecular complexity index is 930. The highest BCUT2D eigenvalue weighted by Crippen LogP contribution is 2.42. The Kier molecular flexibility index (Phi) is 4.57. The first-order chi connectivity index (χ1) is 13.2. The van der Waals surface area contributed by atoms with E-state index in [1.807, 2.05) is 33.8 Å². The first kappa shape index (κ1) is 19.1. The molecule has 8 heteroatoms. The molecule has 0 aliphatic carbocycles. The van der Waals surface area contributed by atoms with Crippen LogP contribution in [0.1, 0.15) is 38.1 Å². The molecule has 1 amide bonds. The Labute approximate surface area is 169 Å². The quantitative estimate of drug-likeness (QED) is 0.796. The summed E-state index contributed by atoms with van der Waals surface area (Å²) in [6.45, 7) is 8.02. The molecule has 0 atom stereocenters. The molecule has 0 bridgehead atoms. The van der Waals surface area contributed by atoms with Crippen molar-refractivity contribution in [1.29, 1.82) is 0 Å². The summed E-state index contributed by atoms with van der Waals surface area (Å²) in [5, 5.41) is 3.35. The molecule has 2 aliphatic rings. The largest absolute Gasteiger partial charge is 0.498 e. The Balaban J connectivity index is 1.63. The Morgan fingerprint density at radius 2 is 1.71 bits per heavy atom. The molecule has 4 rings (SSSR count). The number of carbonyl (C=O) groups is 1. The Hall–Kier alpha value is -2.22. The highest BCUT2D eigenvalue weighted by atomic mass is 35.5. The number of benzene rings is 2. The van der Waals surface area contributed by atoms with E-state index in [0.29, 0.717) is 27.8 Å². The van der Waals surface area contributed by atoms with Gasteiger partial charge in [0.25, 0.3) is 5.91 Å². The fourth-order valence-corrected chi connectivity index (χ4v) is 3.29. The molecule has 146 valence electrons. The highest BCUT2D eigenvalue weighted by Gasteiger charge is 2.53. The van der Waals surface area contributed by atoms with Crippen molar-refractivity contribution >= 4 is 35.8 Å². The van der Waals surface area contributed by atoms with Crippen LogP contribution in [0.4, 0.5) is 5.69 Å². The van der Waals surface area contributed by atoms with E-state index in [9.17, 15) is 4.79 Å². The minimum Gasteiger partial charge on any atom is -0.454 e. The minimum absolute atomic E-state index is 0.0614. The molecule has 2 aromatic carbocycles. The molecule has 0 unspecified atom stereocenters. The number of anilines is 1. The van der Waals surface area contributed by atoms with Gasteiger partial charge in [0.05, 0.1) is 16.9 Å². The number of rotatable bonds is 3. The second kappa shape index (κ2) is 6.69. The molecule has 1 fully saturated rings. The molecule has 1 N–H and O–H groups in total. The van der Waals surface area contributed by atoms with E-state index in [-0.39, 0.29) is 12.7 Å². The Morgan fingerprint density at radius 1 is 1.04 bits per heavy atom. The number of amides is 1. The molecule has 6 nitrogen and oxygen atoms in total. The van der Waals surface area contributed by atoms with Crippen LogP contribution in [-0.4, -0.2) is 31.0 Å². The van der Waals surface area contributed by atoms with E-state index in [0.717, 1.165) is 5.46 Å². The molecule has 28 heavy (non-hydrogen) atoms. The van der Waals surface area contributed by atoms with Gasteiger partial charge in [-0.2, -0.15) is 0 Å². The van der Waals surface area contributed by atoms with Gasteiger partial charge in [-0.3, -0.25) is 4.79 Å². The molecule has 0 saturated carbocycles. The first-order valence-corrected chi connectivity index (χ1v) is 9.41. The van der Waals surface area contributed by atoms with Crippen molar-refractivity contribution in [3.8, 4) is 11.5 Å². The maximum Gasteiger partial charge on any atom is 0.498 e. The lowest BCUT2D eigenvalue weighted by molar-refractivity contribution is 0.00578. The van der Waals surface area contributed by atoms with Gasteiger partial charge >= 0.3 is 7.12 Å². The van der Waals surface area contributed by atoms with Gasteiger partial charge in [0.1, 0.15) is 0 Å². The van der Waals surface area contributed by atoms with Crippen molar-refractivity contribution in [1.82, 2.24) is 0 Å². The van der Waals surface area contributed by atoms with E-state index in [4.69, 9.17) is 30.4 Å². The van der Waals surface area contributed by atoms with Crippen LogP contribution in [0.5, 0.6) is 11.5 Å². The van der Waals surface area contributed by atoms with Crippen molar-refractivity contribution in [2.24, 2.45) is 0 Å². The van der Waals surface area contributed by atoms with Crippen LogP contribution >= 0.6 is 11.6 Å². The lowest BCUT2D eigenvalue weighted by Crippen LogP contribution is -2.41. The zero-order chi connectivity index (χ0) is 20.1. The lowest BCUT2D eigenvalue weighted by Gasteiger charge is -2.32. The van der Waals surface area contributed by atoms with Crippen molar-refractivity contribution in [3.63, 3.8) is 0 Å². The molecule has 1 saturated heterocycles. The van der Waals surface area contributed by atoms with Crippen LogP contribution in [0.3, 0.4) is 0 Å². The minimum atomic E-state index is -0.585. The molecule has 2 heterocycles. The van der Waals surface area contributed by atoms with Crippen LogP contribution in [0.15, 0.2) is 36.4 Å². The molecule has 0 radical (unpaired) electrons. The van der Waals surface area contributed by atoms with E-state index >= 15 is 0 Å². The van der Waals surface area contributed by atoms with Crippen molar-refractivity contribution in [3.05, 3.63) is 47.0 Å². The molecular weight excluding hydrogens is 380 g/mol. The third-order valence-electron chi connectivity index (χ3n) is 5.39. The summed E-state index contributed by atoms with van der Waals surface area (Å²) in [6.07, 6.45) is 0. The number of ether oxygens (including phenoxy) is 2. The summed E-state index contributed by atoms with van der Waals surface area (Å²) in [5.41, 5.74) is 0.757. The third kappa shape index (κ3) is 3.23. The number of carbonyl (C=O) groups excluding carboxylic acids is 1. The predicted molar refractivity (Wildman–Crippen MR) is 108 cm³/mol. The second-order valence-electron chi connectivity index (χ2n) is 7.82. The summed E-state index contributed by atoms with van der Waals surface area (Å²) in [7, 11) is -0.585. The predicted octanol–water partition coefficient (Wildman–Crippen LogP) is 3.62. The van der Waals surface area contributed by atoms with Gasteiger partial charge in [-0.25, -0.2) is 0 Å². The molecular formula is C20H21BClNO5. The van der Waals surface area contributed by atoms with Crippen molar-refractivity contribution < 1.29 is 23.6 Å². The zero-order valence-corrected chi connectivity index (χ0v) is 16.9. The van der Waals surface area contributed by atoms with Gasteiger partial charge in [0.15, 0.2) is 11.5 Å². The summed E-state index contributed by atoms with van der Waals surface area (Å²) in [4.78, 5) is 12.6. The van der Waals surface area contributed by atoms with E-state index in [2.05, 4.69) is 5.32 Å². The van der Waals surface area contributed by atoms with Crippen LogP contribution in [0.25, 0.3) is 0 Å². The van der Waals surface area contributed by atoms with Crippen molar-refractivity contribution in [2.45, 2.75) is 38.9 Å². The fraction of sp³-hybridized carbons (Fsp3) is 0.350. The number of hydrogen-bond donors (Lipinski definition) is 1. The van der Waals surface area contributed by atoms with Crippen LogP contribution < -0.4 is 20.3 Å². The summed E-state index contributed by atoms with van der Waals surface area (Å²) in [5.74, 6) is 0.688. The molecule has 2 aromatic rings. The lowest BCUT2D eigenvalue weighted by atomic mass is 9.78. The van der Waals surface area contributed by atoms with Crippen LogP contribution in [0, 0.1) is 0 Å². The SMILES string of the molecule is CC1(C)OB(c2ccc(NC(=O)c3cccc(Cl)c3)c3c2OCO3)OC1(C)C. The normalized spacial score (nSPS) is 19.0. The summed E-state index contributed by atoms with van der Waals surface area (Å²) < 4.78 is 23.5.